The molecule has 3 rings (SSSR count). The highest BCUT2D eigenvalue weighted by Crippen LogP contribution is 2.31. The number of aryl methyl sites for hydroxylation is 1. The standard InChI is InChI=1S/C15H19N3O/c1-12-16-15(19-17-12)14-9-5-6-10-18(14)11-13-7-3-2-4-8-13/h2-4,7-8,14H,5-6,9-11H2,1H3/t14-/m1/s1. The zero-order valence-electron chi connectivity index (χ0n) is 11.2. The third-order valence-electron chi connectivity index (χ3n) is 3.67. The molecule has 2 aromatic rings. The maximum absolute atomic E-state index is 5.37. The van der Waals surface area contributed by atoms with E-state index >= 15 is 0 Å². The molecule has 19 heavy (non-hydrogen) atoms. The van der Waals surface area contributed by atoms with Gasteiger partial charge < -0.3 is 4.52 Å². The highest BCUT2D eigenvalue weighted by atomic mass is 16.5. The van der Waals surface area contributed by atoms with Crippen LogP contribution in [0, 0.1) is 6.92 Å². The summed E-state index contributed by atoms with van der Waals surface area (Å²) < 4.78 is 5.37. The topological polar surface area (TPSA) is 42.2 Å². The average molecular weight is 257 g/mol. The van der Waals surface area contributed by atoms with Gasteiger partial charge in [0.05, 0.1) is 6.04 Å². The van der Waals surface area contributed by atoms with E-state index in [-0.39, 0.29) is 6.04 Å². The highest BCUT2D eigenvalue weighted by molar-refractivity contribution is 5.15. The van der Waals surface area contributed by atoms with Crippen LogP contribution in [0.2, 0.25) is 0 Å². The van der Waals surface area contributed by atoms with Crippen LogP contribution in [0.4, 0.5) is 0 Å². The molecule has 1 saturated heterocycles. The molecule has 0 spiro atoms. The SMILES string of the molecule is Cc1noc([C@H]2CCCCN2Cc2ccccc2)n1. The maximum atomic E-state index is 5.37. The molecule has 0 radical (unpaired) electrons. The fourth-order valence-corrected chi connectivity index (χ4v) is 2.73. The summed E-state index contributed by atoms with van der Waals surface area (Å²) >= 11 is 0. The third kappa shape index (κ3) is 2.84. The summed E-state index contributed by atoms with van der Waals surface area (Å²) in [6, 6.07) is 10.8. The summed E-state index contributed by atoms with van der Waals surface area (Å²) in [7, 11) is 0. The molecule has 0 bridgehead atoms. The molecule has 4 heteroatoms. The number of likely N-dealkylation sites (tertiary alicyclic amines) is 1. The van der Waals surface area contributed by atoms with E-state index in [0.29, 0.717) is 0 Å². The lowest BCUT2D eigenvalue weighted by Gasteiger charge is -2.33. The van der Waals surface area contributed by atoms with Crippen LogP contribution in [-0.2, 0) is 6.54 Å². The Hall–Kier alpha value is -1.68. The van der Waals surface area contributed by atoms with Crippen molar-refractivity contribution in [3.05, 3.63) is 47.6 Å². The predicted octanol–water partition coefficient (Wildman–Crippen LogP) is 3.11. The molecule has 1 fully saturated rings. The summed E-state index contributed by atoms with van der Waals surface area (Å²) in [4.78, 5) is 6.86. The molecular formula is C15H19N3O. The Morgan fingerprint density at radius 1 is 1.26 bits per heavy atom. The van der Waals surface area contributed by atoms with Gasteiger partial charge in [0.2, 0.25) is 5.89 Å². The second kappa shape index (κ2) is 5.53. The van der Waals surface area contributed by atoms with Crippen LogP contribution in [0.1, 0.15) is 42.6 Å². The van der Waals surface area contributed by atoms with Gasteiger partial charge in [0.1, 0.15) is 0 Å². The number of benzene rings is 1. The highest BCUT2D eigenvalue weighted by Gasteiger charge is 2.28. The second-order valence-electron chi connectivity index (χ2n) is 5.15. The maximum Gasteiger partial charge on any atom is 0.243 e. The summed E-state index contributed by atoms with van der Waals surface area (Å²) in [6.07, 6.45) is 3.59. The first kappa shape index (κ1) is 12.4. The number of rotatable bonds is 3. The van der Waals surface area contributed by atoms with E-state index in [0.717, 1.165) is 31.2 Å². The van der Waals surface area contributed by atoms with Crippen LogP contribution < -0.4 is 0 Å². The van der Waals surface area contributed by atoms with Crippen molar-refractivity contribution in [2.24, 2.45) is 0 Å². The van der Waals surface area contributed by atoms with Crippen molar-refractivity contribution in [1.82, 2.24) is 15.0 Å². The molecule has 0 aliphatic carbocycles. The molecule has 1 aliphatic heterocycles. The van der Waals surface area contributed by atoms with Gasteiger partial charge in [-0.15, -0.1) is 0 Å². The molecular weight excluding hydrogens is 238 g/mol. The fraction of sp³-hybridized carbons (Fsp3) is 0.467. The Labute approximate surface area is 113 Å². The Kier molecular flexibility index (Phi) is 3.60. The number of nitrogens with zero attached hydrogens (tertiary/aromatic N) is 3. The fourth-order valence-electron chi connectivity index (χ4n) is 2.73. The Morgan fingerprint density at radius 3 is 2.84 bits per heavy atom. The number of aromatic nitrogens is 2. The Morgan fingerprint density at radius 2 is 2.11 bits per heavy atom. The third-order valence-corrected chi connectivity index (χ3v) is 3.67. The van der Waals surface area contributed by atoms with Crippen molar-refractivity contribution in [3.63, 3.8) is 0 Å². The van der Waals surface area contributed by atoms with Crippen LogP contribution in [0.25, 0.3) is 0 Å². The lowest BCUT2D eigenvalue weighted by Crippen LogP contribution is -2.33. The van der Waals surface area contributed by atoms with Crippen LogP contribution in [0.15, 0.2) is 34.9 Å². The van der Waals surface area contributed by atoms with E-state index in [9.17, 15) is 0 Å². The van der Waals surface area contributed by atoms with E-state index in [2.05, 4.69) is 45.4 Å². The lowest BCUT2D eigenvalue weighted by atomic mass is 10.0. The first-order valence-corrected chi connectivity index (χ1v) is 6.91. The van der Waals surface area contributed by atoms with Crippen LogP contribution >= 0.6 is 0 Å². The van der Waals surface area contributed by atoms with Crippen LogP contribution in [-0.4, -0.2) is 21.6 Å². The quantitative estimate of drug-likeness (QED) is 0.847. The molecule has 2 heterocycles. The molecule has 100 valence electrons. The minimum atomic E-state index is 0.273. The van der Waals surface area contributed by atoms with E-state index < -0.39 is 0 Å². The summed E-state index contributed by atoms with van der Waals surface area (Å²) in [5.74, 6) is 1.49. The number of piperidine rings is 1. The van der Waals surface area contributed by atoms with Gasteiger partial charge in [-0.25, -0.2) is 0 Å². The van der Waals surface area contributed by atoms with Crippen molar-refractivity contribution in [1.29, 1.82) is 0 Å². The molecule has 1 aliphatic rings. The zero-order valence-corrected chi connectivity index (χ0v) is 11.2. The predicted molar refractivity (Wildman–Crippen MR) is 72.5 cm³/mol. The number of hydrogen-bond acceptors (Lipinski definition) is 4. The van der Waals surface area contributed by atoms with Crippen molar-refractivity contribution >= 4 is 0 Å². The molecule has 0 unspecified atom stereocenters. The molecule has 1 atom stereocenters. The zero-order chi connectivity index (χ0) is 13.1. The van der Waals surface area contributed by atoms with Gasteiger partial charge in [0, 0.05) is 6.54 Å². The minimum absolute atomic E-state index is 0.273. The van der Waals surface area contributed by atoms with Gasteiger partial charge in [-0.3, -0.25) is 4.90 Å². The molecule has 1 aromatic carbocycles. The van der Waals surface area contributed by atoms with Gasteiger partial charge in [0.15, 0.2) is 5.82 Å². The normalized spacial score (nSPS) is 20.6. The molecule has 0 N–H and O–H groups in total. The van der Waals surface area contributed by atoms with Gasteiger partial charge in [-0.1, -0.05) is 41.9 Å². The number of hydrogen-bond donors (Lipinski definition) is 0. The van der Waals surface area contributed by atoms with Gasteiger partial charge in [0.25, 0.3) is 0 Å². The Bertz CT molecular complexity index is 523. The summed E-state index contributed by atoms with van der Waals surface area (Å²) in [5.41, 5.74) is 1.34. The van der Waals surface area contributed by atoms with E-state index in [4.69, 9.17) is 4.52 Å². The van der Waals surface area contributed by atoms with Gasteiger partial charge >= 0.3 is 0 Å². The molecule has 1 aromatic heterocycles. The van der Waals surface area contributed by atoms with Gasteiger partial charge in [-0.2, -0.15) is 4.98 Å². The van der Waals surface area contributed by atoms with Crippen LogP contribution in [0.3, 0.4) is 0 Å². The van der Waals surface area contributed by atoms with Crippen molar-refractivity contribution in [2.45, 2.75) is 38.8 Å². The van der Waals surface area contributed by atoms with E-state index in [1.165, 1.54) is 18.4 Å². The van der Waals surface area contributed by atoms with Crippen molar-refractivity contribution in [2.75, 3.05) is 6.54 Å². The largest absolute Gasteiger partial charge is 0.338 e. The second-order valence-corrected chi connectivity index (χ2v) is 5.15. The first-order chi connectivity index (χ1) is 9.33. The first-order valence-electron chi connectivity index (χ1n) is 6.91. The molecule has 0 amide bonds. The monoisotopic (exact) mass is 257 g/mol. The van der Waals surface area contributed by atoms with Crippen molar-refractivity contribution in [3.8, 4) is 0 Å². The Balaban J connectivity index is 1.77. The van der Waals surface area contributed by atoms with Crippen LogP contribution in [0.5, 0.6) is 0 Å². The van der Waals surface area contributed by atoms with E-state index in [1.807, 2.05) is 6.92 Å². The van der Waals surface area contributed by atoms with Gasteiger partial charge in [-0.05, 0) is 31.9 Å². The minimum Gasteiger partial charge on any atom is -0.338 e. The van der Waals surface area contributed by atoms with Crippen molar-refractivity contribution < 1.29 is 4.52 Å². The lowest BCUT2D eigenvalue weighted by molar-refractivity contribution is 0.111. The smallest absolute Gasteiger partial charge is 0.243 e. The van der Waals surface area contributed by atoms with E-state index in [1.54, 1.807) is 0 Å². The molecule has 0 saturated carbocycles. The molecule has 4 nitrogen and oxygen atoms in total. The summed E-state index contributed by atoms with van der Waals surface area (Å²) in [5, 5.41) is 3.92. The average Bonchev–Trinajstić information content (AvgIpc) is 2.87. The summed E-state index contributed by atoms with van der Waals surface area (Å²) in [6.45, 7) is 3.92.